The molecule has 2 aromatic heterocycles. The first-order valence-corrected chi connectivity index (χ1v) is 8.24. The lowest BCUT2D eigenvalue weighted by Gasteiger charge is -2.04. The van der Waals surface area contributed by atoms with Crippen LogP contribution in [0.2, 0.25) is 5.02 Å². The molecule has 0 unspecified atom stereocenters. The molecule has 0 saturated heterocycles. The second kappa shape index (κ2) is 7.06. The van der Waals surface area contributed by atoms with Crippen LogP contribution in [0.1, 0.15) is 22.5 Å². The molecule has 0 fully saturated rings. The van der Waals surface area contributed by atoms with Gasteiger partial charge in [-0.15, -0.1) is 5.10 Å². The molecule has 1 amide bonds. The Kier molecular flexibility index (Phi) is 4.85. The second-order valence-electron chi connectivity index (χ2n) is 5.94. The molecule has 0 spiro atoms. The molecule has 0 aliphatic carbocycles. The van der Waals surface area contributed by atoms with Crippen molar-refractivity contribution in [2.45, 2.75) is 33.9 Å². The number of nitrogens with one attached hydrogen (secondary N) is 1. The fraction of sp³-hybridized carbons (Fsp3) is 0.294. The van der Waals surface area contributed by atoms with E-state index in [0.717, 1.165) is 11.3 Å². The van der Waals surface area contributed by atoms with Crippen LogP contribution in [0.15, 0.2) is 30.6 Å². The molecule has 1 N–H and O–H groups in total. The van der Waals surface area contributed by atoms with E-state index in [9.17, 15) is 4.79 Å². The molecule has 7 nitrogen and oxygen atoms in total. The Balaban J connectivity index is 1.61. The zero-order valence-electron chi connectivity index (χ0n) is 14.3. The molecule has 130 valence electrons. The van der Waals surface area contributed by atoms with Crippen molar-refractivity contribution in [2.75, 3.05) is 5.32 Å². The molecule has 0 radical (unpaired) electrons. The van der Waals surface area contributed by atoms with E-state index in [4.69, 9.17) is 11.6 Å². The quantitative estimate of drug-likeness (QED) is 0.760. The van der Waals surface area contributed by atoms with Crippen LogP contribution in [0, 0.1) is 20.8 Å². The van der Waals surface area contributed by atoms with Crippen LogP contribution in [0.4, 0.5) is 5.95 Å². The number of benzene rings is 1. The number of amides is 1. The van der Waals surface area contributed by atoms with Crippen LogP contribution in [0.5, 0.6) is 0 Å². The number of carbonyl (C=O) groups excluding carboxylic acids is 1. The summed E-state index contributed by atoms with van der Waals surface area (Å²) in [7, 11) is 0. The van der Waals surface area contributed by atoms with Crippen LogP contribution in [-0.2, 0) is 17.9 Å². The maximum Gasteiger partial charge on any atom is 0.248 e. The third-order valence-corrected chi connectivity index (χ3v) is 4.39. The Morgan fingerprint density at radius 2 is 1.88 bits per heavy atom. The van der Waals surface area contributed by atoms with E-state index in [0.29, 0.717) is 17.3 Å². The van der Waals surface area contributed by atoms with Crippen molar-refractivity contribution in [2.24, 2.45) is 0 Å². The van der Waals surface area contributed by atoms with Gasteiger partial charge in [0.1, 0.15) is 12.9 Å². The Morgan fingerprint density at radius 3 is 2.52 bits per heavy atom. The van der Waals surface area contributed by atoms with Gasteiger partial charge in [0.15, 0.2) is 0 Å². The summed E-state index contributed by atoms with van der Waals surface area (Å²) in [6.45, 7) is 6.33. The second-order valence-corrected chi connectivity index (χ2v) is 6.32. The number of nitrogens with zero attached hydrogens (tertiary/aromatic N) is 5. The molecule has 0 aliphatic heterocycles. The summed E-state index contributed by atoms with van der Waals surface area (Å²) in [5.74, 6) is 0.0140. The summed E-state index contributed by atoms with van der Waals surface area (Å²) in [5.41, 5.74) is 3.78. The molecule has 0 bridgehead atoms. The normalized spacial score (nSPS) is 10.9. The largest absolute Gasteiger partial charge is 0.292 e. The zero-order valence-corrected chi connectivity index (χ0v) is 15.1. The van der Waals surface area contributed by atoms with Gasteiger partial charge in [-0.1, -0.05) is 41.4 Å². The van der Waals surface area contributed by atoms with Gasteiger partial charge < -0.3 is 0 Å². The van der Waals surface area contributed by atoms with Gasteiger partial charge in [0.25, 0.3) is 0 Å². The van der Waals surface area contributed by atoms with Gasteiger partial charge in [-0.2, -0.15) is 5.10 Å². The first kappa shape index (κ1) is 17.2. The average molecular weight is 359 g/mol. The topological polar surface area (TPSA) is 77.6 Å². The monoisotopic (exact) mass is 358 g/mol. The number of halogens is 1. The lowest BCUT2D eigenvalue weighted by atomic mass is 10.1. The Hall–Kier alpha value is -2.67. The van der Waals surface area contributed by atoms with Crippen molar-refractivity contribution in [1.82, 2.24) is 24.5 Å². The molecule has 0 atom stereocenters. The standard InChI is InChI=1S/C17H19ClN6O/c1-11-4-6-14(7-5-11)8-23-10-19-17(22-23)20-15(25)9-24-13(3)16(18)12(2)21-24/h4-7,10H,8-9H2,1-3H3,(H,20,22,25). The van der Waals surface area contributed by atoms with Gasteiger partial charge in [0, 0.05) is 0 Å². The highest BCUT2D eigenvalue weighted by molar-refractivity contribution is 6.31. The third kappa shape index (κ3) is 4.06. The zero-order chi connectivity index (χ0) is 18.0. The average Bonchev–Trinajstić information content (AvgIpc) is 3.10. The van der Waals surface area contributed by atoms with Gasteiger partial charge in [-0.3, -0.25) is 14.8 Å². The van der Waals surface area contributed by atoms with Crippen LogP contribution in [0.25, 0.3) is 0 Å². The summed E-state index contributed by atoms with van der Waals surface area (Å²) in [6, 6.07) is 8.19. The summed E-state index contributed by atoms with van der Waals surface area (Å²) in [6.07, 6.45) is 1.59. The van der Waals surface area contributed by atoms with Crippen molar-refractivity contribution in [3.63, 3.8) is 0 Å². The van der Waals surface area contributed by atoms with E-state index >= 15 is 0 Å². The Bertz CT molecular complexity index is 897. The number of aryl methyl sites for hydroxylation is 2. The molecule has 0 saturated carbocycles. The minimum absolute atomic E-state index is 0.0614. The van der Waals surface area contributed by atoms with E-state index in [1.807, 2.05) is 26.0 Å². The maximum atomic E-state index is 12.2. The van der Waals surface area contributed by atoms with Crippen LogP contribution in [0.3, 0.4) is 0 Å². The number of hydrogen-bond acceptors (Lipinski definition) is 4. The summed E-state index contributed by atoms with van der Waals surface area (Å²) in [4.78, 5) is 16.3. The van der Waals surface area contributed by atoms with E-state index in [2.05, 4.69) is 32.6 Å². The third-order valence-electron chi connectivity index (χ3n) is 3.84. The molecule has 0 aliphatic rings. The lowest BCUT2D eigenvalue weighted by Crippen LogP contribution is -2.21. The van der Waals surface area contributed by atoms with Crippen molar-refractivity contribution in [1.29, 1.82) is 0 Å². The minimum atomic E-state index is -0.254. The smallest absolute Gasteiger partial charge is 0.248 e. The van der Waals surface area contributed by atoms with E-state index in [1.165, 1.54) is 5.56 Å². The van der Waals surface area contributed by atoms with Crippen LogP contribution < -0.4 is 5.32 Å². The SMILES string of the molecule is Cc1ccc(Cn2cnc(NC(=O)Cn3nc(C)c(Cl)c3C)n2)cc1. The van der Waals surface area contributed by atoms with Crippen molar-refractivity contribution >= 4 is 23.5 Å². The summed E-state index contributed by atoms with van der Waals surface area (Å²) >= 11 is 6.09. The fourth-order valence-electron chi connectivity index (χ4n) is 2.44. The van der Waals surface area contributed by atoms with E-state index in [-0.39, 0.29) is 18.4 Å². The van der Waals surface area contributed by atoms with Crippen LogP contribution >= 0.6 is 11.6 Å². The van der Waals surface area contributed by atoms with E-state index in [1.54, 1.807) is 22.6 Å². The molecule has 3 rings (SSSR count). The minimum Gasteiger partial charge on any atom is -0.292 e. The van der Waals surface area contributed by atoms with Crippen LogP contribution in [-0.4, -0.2) is 30.5 Å². The van der Waals surface area contributed by atoms with Crippen molar-refractivity contribution in [3.05, 3.63) is 58.1 Å². The molecule has 25 heavy (non-hydrogen) atoms. The number of hydrogen-bond donors (Lipinski definition) is 1. The molecule has 1 aromatic carbocycles. The fourth-order valence-corrected chi connectivity index (χ4v) is 2.57. The molecule has 8 heteroatoms. The highest BCUT2D eigenvalue weighted by Gasteiger charge is 2.13. The van der Waals surface area contributed by atoms with Gasteiger partial charge in [0.2, 0.25) is 11.9 Å². The van der Waals surface area contributed by atoms with Gasteiger partial charge in [-0.25, -0.2) is 9.67 Å². The first-order valence-electron chi connectivity index (χ1n) is 7.86. The molecule has 2 heterocycles. The maximum absolute atomic E-state index is 12.2. The number of aromatic nitrogens is 5. The van der Waals surface area contributed by atoms with Gasteiger partial charge in [-0.05, 0) is 26.3 Å². The van der Waals surface area contributed by atoms with Crippen molar-refractivity contribution in [3.8, 4) is 0 Å². The highest BCUT2D eigenvalue weighted by atomic mass is 35.5. The van der Waals surface area contributed by atoms with Gasteiger partial charge >= 0.3 is 0 Å². The Labute approximate surface area is 150 Å². The number of anilines is 1. The Morgan fingerprint density at radius 1 is 1.16 bits per heavy atom. The predicted molar refractivity (Wildman–Crippen MR) is 95.6 cm³/mol. The molecular formula is C17H19ClN6O. The van der Waals surface area contributed by atoms with E-state index < -0.39 is 0 Å². The first-order chi connectivity index (χ1) is 11.9. The molecule has 3 aromatic rings. The highest BCUT2D eigenvalue weighted by Crippen LogP contribution is 2.18. The predicted octanol–water partition coefficient (Wildman–Crippen LogP) is 2.74. The summed E-state index contributed by atoms with van der Waals surface area (Å²) < 4.78 is 3.25. The van der Waals surface area contributed by atoms with Crippen molar-refractivity contribution < 1.29 is 4.79 Å². The summed E-state index contributed by atoms with van der Waals surface area (Å²) in [5, 5.41) is 11.8. The van der Waals surface area contributed by atoms with Gasteiger partial charge in [0.05, 0.1) is 23.0 Å². The lowest BCUT2D eigenvalue weighted by molar-refractivity contribution is -0.117. The number of carbonyl (C=O) groups is 1. The molecular weight excluding hydrogens is 340 g/mol. The number of rotatable bonds is 5.